The van der Waals surface area contributed by atoms with Crippen molar-refractivity contribution in [3.05, 3.63) is 0 Å². The summed E-state index contributed by atoms with van der Waals surface area (Å²) >= 11 is 0. The number of hydrogen-bond donors (Lipinski definition) is 19. The second-order valence-corrected chi connectivity index (χ2v) is 18.7. The van der Waals surface area contributed by atoms with Gasteiger partial charge in [-0.05, 0) is 6.42 Å². The van der Waals surface area contributed by atoms with E-state index < -0.39 is 249 Å². The van der Waals surface area contributed by atoms with E-state index in [1.807, 2.05) is 0 Å². The molecule has 12 bridgehead atoms. The highest BCUT2D eigenvalue weighted by molar-refractivity contribution is 5.70. The molecule has 19 N–H and O–H groups in total. The molecule has 31 atom stereocenters. The normalized spacial score (nSPS) is 51.0. The second-order valence-electron chi connectivity index (χ2n) is 18.7. The van der Waals surface area contributed by atoms with Crippen molar-refractivity contribution in [1.29, 1.82) is 0 Å². The summed E-state index contributed by atoms with van der Waals surface area (Å²) in [6, 6.07) is 0. The molecule has 0 aliphatic carbocycles. The highest BCUT2D eigenvalue weighted by Crippen LogP contribution is 2.38. The number of carbonyl (C=O) groups is 1. The van der Waals surface area contributed by atoms with E-state index in [0.717, 1.165) is 0 Å². The zero-order valence-corrected chi connectivity index (χ0v) is 39.0. The van der Waals surface area contributed by atoms with Gasteiger partial charge in [0.25, 0.3) is 0 Å². The largest absolute Gasteiger partial charge is 0.456 e. The minimum Gasteiger partial charge on any atom is -0.456 e. The van der Waals surface area contributed by atoms with E-state index in [1.165, 1.54) is 0 Å². The van der Waals surface area contributed by atoms with Crippen LogP contribution in [0.15, 0.2) is 0 Å². The van der Waals surface area contributed by atoms with Gasteiger partial charge in [0.2, 0.25) is 0 Å². The van der Waals surface area contributed by atoms with Crippen molar-refractivity contribution in [2.45, 2.75) is 203 Å². The van der Waals surface area contributed by atoms with E-state index in [9.17, 15) is 102 Å². The Morgan fingerprint density at radius 3 is 0.811 bits per heavy atom. The van der Waals surface area contributed by atoms with Crippen LogP contribution >= 0.6 is 0 Å². The average molecular weight is 1090 g/mol. The van der Waals surface area contributed by atoms with Gasteiger partial charge in [-0.25, -0.2) is 0 Å². The van der Waals surface area contributed by atoms with Crippen LogP contribution in [-0.4, -0.2) is 340 Å². The van der Waals surface area contributed by atoms with Crippen LogP contribution in [0, 0.1) is 0 Å². The fourth-order valence-electron chi connectivity index (χ4n) is 9.69. The van der Waals surface area contributed by atoms with E-state index in [4.69, 9.17) is 61.6 Å². The topological polar surface area (TPSA) is 521 Å². The molecule has 22 heterocycles. The smallest absolute Gasteiger partial charge is 0.308 e. The molecule has 33 heteroatoms. The highest BCUT2D eigenvalue weighted by Gasteiger charge is 2.59. The minimum atomic E-state index is -2.28. The number of hydrogen-bond acceptors (Lipinski definition) is 33. The van der Waals surface area contributed by atoms with Crippen LogP contribution in [0.2, 0.25) is 0 Å². The van der Waals surface area contributed by atoms with Crippen molar-refractivity contribution < 1.29 is 163 Å². The number of aliphatic hydroxyl groups is 19. The minimum absolute atomic E-state index is 0.312. The molecule has 22 aliphatic heterocycles. The standard InChI is InChI=1S/C41H68O33/c42-2-1-10(49)3-17(50)68-35-28(61)41-67-16(9-48)34(35)74-40-27(60)22(55)32(14(7-46)66-40)72-38-25(58)20(53)30(12(5-44)64-38)70-36-23(56)18(51)29(11(4-43)62-36)69-37-24(57)19(52)31(13(6-45)63-37)71-39-26(59)21(54)33(73-41)15(8-47)65-39/h10-16,18-49,51-61H,1-9H2/t10?,11-,12-,13-,14-,15-,16-,18-,19-,20-,21-,22-,23-,24-,25-,26-,27-,28-,29-,30-,31-,32-,33-,34+,35-,36-,37-,38-,39-,40-,41-/m1/s1. The lowest BCUT2D eigenvalue weighted by atomic mass is 9.94. The van der Waals surface area contributed by atoms with Gasteiger partial charge in [-0.1, -0.05) is 0 Å². The lowest BCUT2D eigenvalue weighted by molar-refractivity contribution is -0.404. The predicted molar refractivity (Wildman–Crippen MR) is 222 cm³/mol. The van der Waals surface area contributed by atoms with Crippen LogP contribution in [0.1, 0.15) is 12.8 Å². The Kier molecular flexibility index (Phi) is 21.0. The number of rotatable bonds is 11. The molecule has 22 rings (SSSR count). The van der Waals surface area contributed by atoms with Crippen molar-refractivity contribution in [2.75, 3.05) is 46.2 Å². The molecule has 0 amide bonds. The van der Waals surface area contributed by atoms with E-state index >= 15 is 0 Å². The Labute approximate surface area is 418 Å². The Hall–Kier alpha value is -1.77. The Morgan fingerprint density at radius 1 is 0.338 bits per heavy atom. The van der Waals surface area contributed by atoms with E-state index in [1.54, 1.807) is 0 Å². The van der Waals surface area contributed by atoms with Crippen LogP contribution in [0.25, 0.3) is 0 Å². The van der Waals surface area contributed by atoms with Gasteiger partial charge in [0.05, 0.1) is 52.2 Å². The van der Waals surface area contributed by atoms with Crippen LogP contribution in [0.5, 0.6) is 0 Å². The zero-order chi connectivity index (χ0) is 54.0. The summed E-state index contributed by atoms with van der Waals surface area (Å²) < 4.78 is 74.2. The molecule has 0 aromatic rings. The number of carbonyl (C=O) groups excluding carboxylic acids is 1. The summed E-state index contributed by atoms with van der Waals surface area (Å²) in [5, 5.41) is 207. The van der Waals surface area contributed by atoms with Crippen molar-refractivity contribution in [3.63, 3.8) is 0 Å². The van der Waals surface area contributed by atoms with Gasteiger partial charge in [-0.2, -0.15) is 0 Å². The molecule has 0 aromatic carbocycles. The van der Waals surface area contributed by atoms with Crippen molar-refractivity contribution in [1.82, 2.24) is 0 Å². The van der Waals surface area contributed by atoms with Gasteiger partial charge in [0.1, 0.15) is 140 Å². The molecule has 74 heavy (non-hydrogen) atoms. The Bertz CT molecular complexity index is 1730. The fourth-order valence-corrected chi connectivity index (χ4v) is 9.69. The summed E-state index contributed by atoms with van der Waals surface area (Å²) in [6.45, 7) is -6.91. The maximum absolute atomic E-state index is 13.2. The number of ether oxygens (including phenoxy) is 13. The zero-order valence-electron chi connectivity index (χ0n) is 39.0. The first kappa shape index (κ1) is 59.9. The third-order valence-electron chi connectivity index (χ3n) is 13.8. The predicted octanol–water partition coefficient (Wildman–Crippen LogP) is -13.4. The summed E-state index contributed by atoms with van der Waals surface area (Å²) in [5.41, 5.74) is 0. The Morgan fingerprint density at radius 2 is 0.568 bits per heavy atom. The molecule has 33 nitrogen and oxygen atoms in total. The average Bonchev–Trinajstić information content (AvgIpc) is 3.38. The van der Waals surface area contributed by atoms with Crippen LogP contribution < -0.4 is 0 Å². The van der Waals surface area contributed by atoms with Crippen molar-refractivity contribution in [2.24, 2.45) is 0 Å². The van der Waals surface area contributed by atoms with Crippen LogP contribution in [0.4, 0.5) is 0 Å². The first-order valence-electron chi connectivity index (χ1n) is 23.7. The maximum Gasteiger partial charge on any atom is 0.308 e. The lowest BCUT2D eigenvalue weighted by Crippen LogP contribution is -2.69. The van der Waals surface area contributed by atoms with E-state index in [0.29, 0.717) is 0 Å². The maximum atomic E-state index is 13.2. The van der Waals surface area contributed by atoms with Gasteiger partial charge >= 0.3 is 5.97 Å². The molecule has 430 valence electrons. The molecule has 0 saturated carbocycles. The molecule has 0 spiro atoms. The van der Waals surface area contributed by atoms with Gasteiger partial charge in [-0.3, -0.25) is 4.79 Å². The fraction of sp³-hybridized carbons (Fsp3) is 0.976. The molecule has 0 radical (unpaired) electrons. The first-order valence-corrected chi connectivity index (χ1v) is 23.7. The SMILES string of the molecule is O=C(CC(O)CCO)O[C@@H]1[C@@H](O)[C@H]2O[C@H]3[C@H](O)[C@@H](O)[C@@H](O[C@H]4[C@H](O)[C@@H](O)[C@@H](O[C@H]5[C@H](O)[C@@H](O)[C@@H](O[C@H]6[C@H](O)[C@@H](O)[C@@H](O[C@H]7[C@H](O)[C@@H](O)[C@@H](O[C@H]1[C@@H](CO)O2)O[C@@H]7CO)O[C@@H]6CO)O[C@@H]5CO)O[C@@H]4CO)O[C@@H]3CO. The molecular formula is C41H68O33. The molecule has 0 aromatic heterocycles. The van der Waals surface area contributed by atoms with Gasteiger partial charge < -0.3 is 159 Å². The summed E-state index contributed by atoms with van der Waals surface area (Å²) in [6.07, 6.45) is -63.2. The lowest BCUT2D eigenvalue weighted by Gasteiger charge is -2.51. The summed E-state index contributed by atoms with van der Waals surface area (Å²) in [5.74, 6) is -1.27. The van der Waals surface area contributed by atoms with E-state index in [2.05, 4.69) is 0 Å². The van der Waals surface area contributed by atoms with Crippen molar-refractivity contribution >= 4 is 5.97 Å². The van der Waals surface area contributed by atoms with Crippen LogP contribution in [0.3, 0.4) is 0 Å². The molecular weight excluding hydrogens is 1020 g/mol. The molecule has 22 aliphatic rings. The van der Waals surface area contributed by atoms with E-state index in [-0.39, 0.29) is 6.42 Å². The summed E-state index contributed by atoms with van der Waals surface area (Å²) in [7, 11) is 0. The monoisotopic (exact) mass is 1090 g/mol. The third-order valence-corrected chi connectivity index (χ3v) is 13.8. The molecule has 1 unspecified atom stereocenters. The second kappa shape index (κ2) is 26.0. The van der Waals surface area contributed by atoms with Gasteiger partial charge in [0, 0.05) is 6.61 Å². The van der Waals surface area contributed by atoms with Crippen molar-refractivity contribution in [3.8, 4) is 0 Å². The third kappa shape index (κ3) is 12.3. The van der Waals surface area contributed by atoms with Crippen LogP contribution in [-0.2, 0) is 66.4 Å². The summed E-state index contributed by atoms with van der Waals surface area (Å²) in [4.78, 5) is 13.2. The molecule has 22 fully saturated rings. The number of esters is 1. The number of aliphatic hydroxyl groups excluding tert-OH is 19. The highest BCUT2D eigenvalue weighted by atomic mass is 16.8. The molecule has 22 saturated heterocycles. The van der Waals surface area contributed by atoms with Gasteiger partial charge in [-0.15, -0.1) is 0 Å². The quantitative estimate of drug-likeness (QED) is 0.0854. The first-order chi connectivity index (χ1) is 35.2. The Balaban J connectivity index is 1.23. The van der Waals surface area contributed by atoms with Gasteiger partial charge in [0.15, 0.2) is 43.8 Å².